The topological polar surface area (TPSA) is 112 Å². The average molecular weight is 231 g/mol. The first-order valence-corrected chi connectivity index (χ1v) is 3.86. The Bertz CT molecular complexity index is 369. The Labute approximate surface area is 92.4 Å². The van der Waals surface area contributed by atoms with Gasteiger partial charge in [0, 0.05) is 6.20 Å². The van der Waals surface area contributed by atoms with Gasteiger partial charge in [0.15, 0.2) is 0 Å². The first-order chi connectivity index (χ1) is 6.61. The summed E-state index contributed by atoms with van der Waals surface area (Å²) in [7, 11) is 0. The van der Waals surface area contributed by atoms with Crippen LogP contribution in [0.25, 0.3) is 0 Å². The van der Waals surface area contributed by atoms with Crippen LogP contribution >= 0.6 is 12.4 Å². The second-order valence-corrected chi connectivity index (χ2v) is 2.56. The maximum atomic E-state index is 10.3. The Morgan fingerprint density at radius 1 is 1.67 bits per heavy atom. The number of carboxylic acid groups (broad SMARTS) is 1. The lowest BCUT2D eigenvalue weighted by molar-refractivity contribution is -0.134. The Kier molecular flexibility index (Phi) is 5.11. The molecule has 15 heavy (non-hydrogen) atoms. The van der Waals surface area contributed by atoms with Crippen molar-refractivity contribution < 1.29 is 9.90 Å². The molecule has 1 rings (SSSR count). The number of carbonyl (C=O) groups is 1. The van der Waals surface area contributed by atoms with Crippen molar-refractivity contribution in [3.63, 3.8) is 0 Å². The molecule has 1 heterocycles. The standard InChI is InChI=1S/C8H10N4O2.ClH/c9-7(10)5-2-1-3-11-8(5)12-4-6(13)14;/h1-3H,4H2,(H3,9,10)(H,11,12)(H,13,14);1H. The highest BCUT2D eigenvalue weighted by atomic mass is 35.5. The van der Waals surface area contributed by atoms with Crippen molar-refractivity contribution in [2.24, 2.45) is 5.73 Å². The number of pyridine rings is 1. The van der Waals surface area contributed by atoms with Gasteiger partial charge in [-0.2, -0.15) is 0 Å². The van der Waals surface area contributed by atoms with Gasteiger partial charge in [0.1, 0.15) is 18.2 Å². The van der Waals surface area contributed by atoms with Gasteiger partial charge in [0.05, 0.1) is 5.56 Å². The Morgan fingerprint density at radius 3 is 2.87 bits per heavy atom. The molecule has 0 aliphatic heterocycles. The Hall–Kier alpha value is -1.82. The lowest BCUT2D eigenvalue weighted by Crippen LogP contribution is -2.19. The molecule has 0 radical (unpaired) electrons. The fourth-order valence-electron chi connectivity index (χ4n) is 0.923. The molecule has 82 valence electrons. The maximum Gasteiger partial charge on any atom is 0.322 e. The van der Waals surface area contributed by atoms with E-state index < -0.39 is 5.97 Å². The summed E-state index contributed by atoms with van der Waals surface area (Å²) in [6.45, 7) is -0.253. The molecule has 0 bridgehead atoms. The van der Waals surface area contributed by atoms with Gasteiger partial charge in [-0.15, -0.1) is 12.4 Å². The summed E-state index contributed by atoms with van der Waals surface area (Å²) in [4.78, 5) is 14.2. The van der Waals surface area contributed by atoms with E-state index in [-0.39, 0.29) is 24.8 Å². The molecule has 1 aromatic heterocycles. The zero-order valence-electron chi connectivity index (χ0n) is 7.73. The summed E-state index contributed by atoms with van der Waals surface area (Å²) in [5.41, 5.74) is 5.67. The number of rotatable bonds is 4. The van der Waals surface area contributed by atoms with Crippen molar-refractivity contribution in [2.75, 3.05) is 11.9 Å². The predicted octanol–water partition coefficient (Wildman–Crippen LogP) is 0.284. The summed E-state index contributed by atoms with van der Waals surface area (Å²) >= 11 is 0. The van der Waals surface area contributed by atoms with E-state index in [9.17, 15) is 4.79 Å². The van der Waals surface area contributed by atoms with Crippen LogP contribution < -0.4 is 11.1 Å². The van der Waals surface area contributed by atoms with E-state index in [0.717, 1.165) is 0 Å². The zero-order valence-corrected chi connectivity index (χ0v) is 8.54. The minimum Gasteiger partial charge on any atom is -0.480 e. The maximum absolute atomic E-state index is 10.3. The van der Waals surface area contributed by atoms with Crippen LogP contribution in [0.4, 0.5) is 5.82 Å². The monoisotopic (exact) mass is 230 g/mol. The van der Waals surface area contributed by atoms with Gasteiger partial charge in [0.25, 0.3) is 0 Å². The van der Waals surface area contributed by atoms with Crippen molar-refractivity contribution >= 4 is 30.0 Å². The fraction of sp³-hybridized carbons (Fsp3) is 0.125. The quantitative estimate of drug-likeness (QED) is 0.439. The molecule has 0 saturated heterocycles. The minimum absolute atomic E-state index is 0. The van der Waals surface area contributed by atoms with Crippen molar-refractivity contribution in [1.29, 1.82) is 5.41 Å². The molecular formula is C8H11ClN4O2. The van der Waals surface area contributed by atoms with Crippen LogP contribution in [0.5, 0.6) is 0 Å². The normalized spacial score (nSPS) is 8.80. The number of halogens is 1. The van der Waals surface area contributed by atoms with Crippen LogP contribution in [-0.2, 0) is 4.79 Å². The van der Waals surface area contributed by atoms with E-state index in [4.69, 9.17) is 16.2 Å². The molecule has 0 aromatic carbocycles. The number of anilines is 1. The van der Waals surface area contributed by atoms with Gasteiger partial charge in [-0.05, 0) is 12.1 Å². The van der Waals surface area contributed by atoms with Gasteiger partial charge < -0.3 is 16.2 Å². The molecule has 0 aliphatic rings. The largest absolute Gasteiger partial charge is 0.480 e. The number of nitrogens with two attached hydrogens (primary N) is 1. The van der Waals surface area contributed by atoms with Crippen LogP contribution in [-0.4, -0.2) is 28.4 Å². The summed E-state index contributed by atoms with van der Waals surface area (Å²) in [5.74, 6) is -0.835. The molecule has 7 heteroatoms. The highest BCUT2D eigenvalue weighted by Crippen LogP contribution is 2.09. The first-order valence-electron chi connectivity index (χ1n) is 3.86. The van der Waals surface area contributed by atoms with Gasteiger partial charge in [-0.1, -0.05) is 0 Å². The van der Waals surface area contributed by atoms with E-state index in [0.29, 0.717) is 11.4 Å². The van der Waals surface area contributed by atoms with Crippen LogP contribution in [0.3, 0.4) is 0 Å². The minimum atomic E-state index is -0.995. The summed E-state index contributed by atoms with van der Waals surface area (Å²) < 4.78 is 0. The molecule has 1 aromatic rings. The van der Waals surface area contributed by atoms with Crippen molar-refractivity contribution in [3.05, 3.63) is 23.9 Å². The van der Waals surface area contributed by atoms with E-state index in [1.54, 1.807) is 12.1 Å². The molecule has 0 aliphatic carbocycles. The number of carboxylic acids is 1. The van der Waals surface area contributed by atoms with Crippen LogP contribution in [0.1, 0.15) is 5.56 Å². The smallest absolute Gasteiger partial charge is 0.322 e. The number of hydrogen-bond donors (Lipinski definition) is 4. The lowest BCUT2D eigenvalue weighted by atomic mass is 10.2. The number of hydrogen-bond acceptors (Lipinski definition) is 4. The molecule has 0 spiro atoms. The van der Waals surface area contributed by atoms with Gasteiger partial charge in [-0.25, -0.2) is 4.98 Å². The van der Waals surface area contributed by atoms with Crippen LogP contribution in [0.2, 0.25) is 0 Å². The molecule has 0 fully saturated rings. The average Bonchev–Trinajstić information content (AvgIpc) is 2.15. The predicted molar refractivity (Wildman–Crippen MR) is 58.6 cm³/mol. The van der Waals surface area contributed by atoms with Gasteiger partial charge >= 0.3 is 5.97 Å². The molecule has 6 nitrogen and oxygen atoms in total. The molecule has 0 atom stereocenters. The molecule has 5 N–H and O–H groups in total. The lowest BCUT2D eigenvalue weighted by Gasteiger charge is -2.06. The summed E-state index contributed by atoms with van der Waals surface area (Å²) in [5, 5.41) is 18.2. The third-order valence-corrected chi connectivity index (χ3v) is 1.50. The number of nitrogen functional groups attached to an aromatic ring is 1. The first kappa shape index (κ1) is 13.2. The fourth-order valence-corrected chi connectivity index (χ4v) is 0.923. The molecule has 0 unspecified atom stereocenters. The van der Waals surface area contributed by atoms with E-state index in [1.807, 2.05) is 0 Å². The summed E-state index contributed by atoms with van der Waals surface area (Å²) in [6.07, 6.45) is 1.50. The molecular weight excluding hydrogens is 220 g/mol. The third-order valence-electron chi connectivity index (χ3n) is 1.50. The van der Waals surface area contributed by atoms with Crippen molar-refractivity contribution in [3.8, 4) is 0 Å². The number of amidine groups is 1. The van der Waals surface area contributed by atoms with Crippen molar-refractivity contribution in [2.45, 2.75) is 0 Å². The number of nitrogens with one attached hydrogen (secondary N) is 2. The van der Waals surface area contributed by atoms with E-state index in [2.05, 4.69) is 10.3 Å². The van der Waals surface area contributed by atoms with Crippen LogP contribution in [0.15, 0.2) is 18.3 Å². The zero-order chi connectivity index (χ0) is 10.6. The van der Waals surface area contributed by atoms with E-state index in [1.165, 1.54) is 6.20 Å². The highest BCUT2D eigenvalue weighted by molar-refractivity contribution is 5.99. The second-order valence-electron chi connectivity index (χ2n) is 2.56. The highest BCUT2D eigenvalue weighted by Gasteiger charge is 2.06. The summed E-state index contributed by atoms with van der Waals surface area (Å²) in [6, 6.07) is 3.22. The molecule has 0 amide bonds. The number of aliphatic carboxylic acids is 1. The number of nitrogens with zero attached hydrogens (tertiary/aromatic N) is 1. The SMILES string of the molecule is Cl.N=C(N)c1cccnc1NCC(=O)O. The van der Waals surface area contributed by atoms with Crippen molar-refractivity contribution in [1.82, 2.24) is 4.98 Å². The third kappa shape index (κ3) is 3.82. The van der Waals surface area contributed by atoms with Gasteiger partial charge in [-0.3, -0.25) is 10.2 Å². The Morgan fingerprint density at radius 2 is 2.33 bits per heavy atom. The number of aromatic nitrogens is 1. The Balaban J connectivity index is 0.00000196. The van der Waals surface area contributed by atoms with E-state index >= 15 is 0 Å². The molecule has 0 saturated carbocycles. The second kappa shape index (κ2) is 5.82. The van der Waals surface area contributed by atoms with Gasteiger partial charge in [0.2, 0.25) is 0 Å². The van der Waals surface area contributed by atoms with Crippen LogP contribution in [0, 0.1) is 5.41 Å².